The molecule has 1 heterocycles. The van der Waals surface area contributed by atoms with Crippen LogP contribution in [0.3, 0.4) is 0 Å². The van der Waals surface area contributed by atoms with Crippen molar-refractivity contribution in [3.8, 4) is 0 Å². The largest absolute Gasteiger partial charge is 0.560 e. The molecule has 0 aliphatic rings. The Balaban J connectivity index is 0. The molecule has 2 radical (unpaired) electrons. The predicted octanol–water partition coefficient (Wildman–Crippen LogP) is -0.423. The molecule has 1 aromatic rings. The van der Waals surface area contributed by atoms with Crippen LogP contribution >= 0.6 is 0 Å². The maximum atomic E-state index is 10.6. The number of hydrogen-bond acceptors (Lipinski definition) is 2. The first kappa shape index (κ1) is 13.8. The summed E-state index contributed by atoms with van der Waals surface area (Å²) in [4.78, 5) is 10.6. The van der Waals surface area contributed by atoms with Gasteiger partial charge in [0.25, 0.3) is 0 Å². The summed E-state index contributed by atoms with van der Waals surface area (Å²) in [6.45, 7) is 3.75. The molecule has 0 aliphatic heterocycles. The standard InChI is InChI=1S/C5H8N3O.2Re/c1-4(2)8-3-6-7-5(8)9;;/h4H,1-2H3,(H,7,9);;/q-1;;/p-1. The van der Waals surface area contributed by atoms with Crippen molar-refractivity contribution in [2.24, 2.45) is 0 Å². The quantitative estimate of drug-likeness (QED) is 0.496. The topological polar surface area (TPSA) is 49.0 Å². The van der Waals surface area contributed by atoms with Gasteiger partial charge in [0.05, 0.1) is 0 Å². The molecule has 0 saturated heterocycles. The first-order valence-electron chi connectivity index (χ1n) is 2.71. The van der Waals surface area contributed by atoms with E-state index in [4.69, 9.17) is 0 Å². The van der Waals surface area contributed by atoms with Gasteiger partial charge in [-0.2, -0.15) is 6.33 Å². The summed E-state index contributed by atoms with van der Waals surface area (Å²) in [5.74, 6) is 0. The van der Waals surface area contributed by atoms with Crippen LogP contribution in [0.4, 0.5) is 0 Å². The molecule has 1 rings (SSSR count). The number of hydrogen-bond donors (Lipinski definition) is 0. The van der Waals surface area contributed by atoms with Crippen LogP contribution in [0.2, 0.25) is 0 Å². The minimum Gasteiger partial charge on any atom is -0.560 e. The van der Waals surface area contributed by atoms with Crippen molar-refractivity contribution >= 4 is 0 Å². The molecule has 6 heteroatoms. The van der Waals surface area contributed by atoms with Gasteiger partial charge in [-0.3, -0.25) is 0 Å². The Morgan fingerprint density at radius 1 is 1.55 bits per heavy atom. The summed E-state index contributed by atoms with van der Waals surface area (Å²) < 4.78 is 1.35. The zero-order valence-electron chi connectivity index (χ0n) is 6.08. The number of rotatable bonds is 1. The third-order valence-electron chi connectivity index (χ3n) is 1.01. The molecule has 0 spiro atoms. The SMILES string of the molecule is CC(C)n1[c-]n[n-]c1=O.[Re].[Re]. The van der Waals surface area contributed by atoms with Gasteiger partial charge >= 0.3 is 0 Å². The minimum atomic E-state index is -0.329. The van der Waals surface area contributed by atoms with Gasteiger partial charge < -0.3 is 19.6 Å². The van der Waals surface area contributed by atoms with Crippen molar-refractivity contribution < 1.29 is 40.8 Å². The maximum Gasteiger partial charge on any atom is 0.00496 e. The van der Waals surface area contributed by atoms with E-state index in [-0.39, 0.29) is 52.6 Å². The Labute approximate surface area is 92.1 Å². The Kier molecular flexibility index (Phi) is 7.36. The minimum absolute atomic E-state index is 0. The molecule has 4 nitrogen and oxygen atoms in total. The van der Waals surface area contributed by atoms with Crippen LogP contribution in [0.25, 0.3) is 0 Å². The number of aromatic nitrogens is 3. The van der Waals surface area contributed by atoms with E-state index in [1.165, 1.54) is 4.57 Å². The van der Waals surface area contributed by atoms with Gasteiger partial charge in [-0.25, -0.2) is 0 Å². The van der Waals surface area contributed by atoms with Gasteiger partial charge in [0.2, 0.25) is 0 Å². The molecule has 0 bridgehead atoms. The molecule has 11 heavy (non-hydrogen) atoms. The molecular formula is C5H7N3ORe2-2. The van der Waals surface area contributed by atoms with Gasteiger partial charge in [0, 0.05) is 46.5 Å². The fourth-order valence-corrected chi connectivity index (χ4v) is 0.541. The van der Waals surface area contributed by atoms with Crippen LogP contribution in [0, 0.1) is 6.33 Å². The second kappa shape index (κ2) is 5.86. The van der Waals surface area contributed by atoms with Crippen LogP contribution in [0.5, 0.6) is 0 Å². The Hall–Kier alpha value is 0.265. The summed E-state index contributed by atoms with van der Waals surface area (Å²) in [7, 11) is 0. The molecule has 0 amide bonds. The first-order valence-corrected chi connectivity index (χ1v) is 2.71. The second-order valence-corrected chi connectivity index (χ2v) is 2.05. The van der Waals surface area contributed by atoms with Crippen LogP contribution in [0.1, 0.15) is 19.9 Å². The van der Waals surface area contributed by atoms with Crippen molar-refractivity contribution in [3.63, 3.8) is 0 Å². The smallest absolute Gasteiger partial charge is 0.00496 e. The van der Waals surface area contributed by atoms with Crippen LogP contribution < -0.4 is 10.8 Å². The summed E-state index contributed by atoms with van der Waals surface area (Å²) in [6.07, 6.45) is 2.45. The Morgan fingerprint density at radius 3 is 2.27 bits per heavy atom. The molecular weight excluding hydrogens is 490 g/mol. The molecule has 0 saturated carbocycles. The van der Waals surface area contributed by atoms with Crippen LogP contribution in [0.15, 0.2) is 4.79 Å². The molecule has 0 N–H and O–H groups in total. The monoisotopic (exact) mass is 499 g/mol. The fraction of sp³-hybridized carbons (Fsp3) is 0.600. The zero-order chi connectivity index (χ0) is 6.85. The van der Waals surface area contributed by atoms with Gasteiger partial charge in [0.15, 0.2) is 0 Å². The Morgan fingerprint density at radius 2 is 2.09 bits per heavy atom. The van der Waals surface area contributed by atoms with E-state index in [2.05, 4.69) is 16.5 Å². The third-order valence-corrected chi connectivity index (χ3v) is 1.01. The van der Waals surface area contributed by atoms with Crippen molar-refractivity contribution in [2.45, 2.75) is 19.9 Å². The van der Waals surface area contributed by atoms with E-state index in [1.807, 2.05) is 13.8 Å². The third kappa shape index (κ3) is 3.45. The molecule has 0 atom stereocenters. The van der Waals surface area contributed by atoms with Gasteiger partial charge in [-0.15, -0.1) is 0 Å². The average molecular weight is 498 g/mol. The molecule has 0 unspecified atom stereocenters. The van der Waals surface area contributed by atoms with Gasteiger partial charge in [0.1, 0.15) is 0 Å². The fourth-order valence-electron chi connectivity index (χ4n) is 0.541. The molecule has 0 aliphatic carbocycles. The van der Waals surface area contributed by atoms with Crippen LogP contribution in [-0.2, 0) is 40.8 Å². The van der Waals surface area contributed by atoms with E-state index in [9.17, 15) is 4.79 Å². The summed E-state index contributed by atoms with van der Waals surface area (Å²) >= 11 is 0. The van der Waals surface area contributed by atoms with E-state index in [0.717, 1.165) is 0 Å². The van der Waals surface area contributed by atoms with Crippen molar-refractivity contribution in [1.29, 1.82) is 0 Å². The van der Waals surface area contributed by atoms with E-state index < -0.39 is 0 Å². The molecule has 0 aromatic carbocycles. The van der Waals surface area contributed by atoms with E-state index >= 15 is 0 Å². The first-order chi connectivity index (χ1) is 4.22. The van der Waals surface area contributed by atoms with Crippen molar-refractivity contribution in [3.05, 3.63) is 16.8 Å². The summed E-state index contributed by atoms with van der Waals surface area (Å²) in [5.41, 5.74) is -0.329. The van der Waals surface area contributed by atoms with Crippen molar-refractivity contribution in [2.75, 3.05) is 0 Å². The van der Waals surface area contributed by atoms with E-state index in [1.54, 1.807) is 0 Å². The summed E-state index contributed by atoms with van der Waals surface area (Å²) in [6, 6.07) is 0.104. The molecule has 1 aromatic heterocycles. The maximum absolute atomic E-state index is 10.6. The van der Waals surface area contributed by atoms with Crippen LogP contribution in [-0.4, -0.2) is 9.67 Å². The Bertz CT molecular complexity index is 242. The predicted molar refractivity (Wildman–Crippen MR) is 31.0 cm³/mol. The second-order valence-electron chi connectivity index (χ2n) is 2.05. The van der Waals surface area contributed by atoms with Gasteiger partial charge in [-0.05, 0) is 0 Å². The molecule has 64 valence electrons. The van der Waals surface area contributed by atoms with Gasteiger partial charge in [-0.1, -0.05) is 19.9 Å². The average Bonchev–Trinajstić information content (AvgIpc) is 2.13. The summed E-state index contributed by atoms with van der Waals surface area (Å²) in [5, 5.41) is 6.56. The molecule has 0 fully saturated rings. The number of nitrogens with zero attached hydrogens (tertiary/aromatic N) is 3. The normalized spacial score (nSPS) is 8.64. The van der Waals surface area contributed by atoms with E-state index in [0.29, 0.717) is 0 Å². The zero-order valence-corrected chi connectivity index (χ0v) is 11.5. The van der Waals surface area contributed by atoms with Crippen molar-refractivity contribution in [1.82, 2.24) is 14.8 Å².